The number of hydrogen-bond acceptors (Lipinski definition) is 4. The number of fused-ring (bicyclic) bond motifs is 1. The average molecular weight is 406 g/mol. The van der Waals surface area contributed by atoms with Crippen molar-refractivity contribution in [3.63, 3.8) is 0 Å². The summed E-state index contributed by atoms with van der Waals surface area (Å²) >= 11 is 0. The van der Waals surface area contributed by atoms with Crippen LogP contribution in [-0.2, 0) is 11.0 Å². The molecular formula is C20H21F3N4O2. The van der Waals surface area contributed by atoms with E-state index in [0.29, 0.717) is 42.5 Å². The van der Waals surface area contributed by atoms with Crippen LogP contribution in [0.1, 0.15) is 24.1 Å². The quantitative estimate of drug-likeness (QED) is 0.681. The second-order valence-corrected chi connectivity index (χ2v) is 7.74. The highest BCUT2D eigenvalue weighted by molar-refractivity contribution is 6.06. The van der Waals surface area contributed by atoms with E-state index in [9.17, 15) is 22.8 Å². The van der Waals surface area contributed by atoms with Crippen molar-refractivity contribution in [1.29, 1.82) is 0 Å². The van der Waals surface area contributed by atoms with E-state index >= 15 is 0 Å². The number of rotatable bonds is 1. The van der Waals surface area contributed by atoms with E-state index in [-0.39, 0.29) is 11.9 Å². The van der Waals surface area contributed by atoms with Crippen molar-refractivity contribution in [2.75, 3.05) is 32.1 Å². The number of urea groups is 1. The van der Waals surface area contributed by atoms with Crippen LogP contribution in [0, 0.1) is 6.92 Å². The molecule has 2 aliphatic heterocycles. The summed E-state index contributed by atoms with van der Waals surface area (Å²) in [6, 6.07) is 5.13. The zero-order valence-electron chi connectivity index (χ0n) is 16.4. The molecule has 0 saturated carbocycles. The monoisotopic (exact) mass is 406 g/mol. The molecule has 2 fully saturated rings. The lowest BCUT2D eigenvalue weighted by Gasteiger charge is -2.42. The molecule has 2 aromatic rings. The first-order chi connectivity index (χ1) is 13.5. The van der Waals surface area contributed by atoms with Gasteiger partial charge < -0.3 is 9.80 Å². The molecule has 3 amide bonds. The first kappa shape index (κ1) is 19.5. The van der Waals surface area contributed by atoms with Crippen LogP contribution < -0.4 is 4.90 Å². The van der Waals surface area contributed by atoms with Gasteiger partial charge in [-0.05, 0) is 38.0 Å². The van der Waals surface area contributed by atoms with Gasteiger partial charge in [0.15, 0.2) is 0 Å². The van der Waals surface area contributed by atoms with E-state index in [0.717, 1.165) is 22.7 Å². The lowest BCUT2D eigenvalue weighted by Crippen LogP contribution is -2.55. The van der Waals surface area contributed by atoms with Crippen molar-refractivity contribution in [2.24, 2.45) is 0 Å². The predicted octanol–water partition coefficient (Wildman–Crippen LogP) is 3.42. The highest BCUT2D eigenvalue weighted by Gasteiger charge is 2.55. The van der Waals surface area contributed by atoms with Crippen LogP contribution in [0.4, 0.5) is 23.7 Å². The number of nitrogens with zero attached hydrogens (tertiary/aromatic N) is 4. The van der Waals surface area contributed by atoms with Gasteiger partial charge in [0.25, 0.3) is 5.91 Å². The highest BCUT2D eigenvalue weighted by Crippen LogP contribution is 2.39. The number of piperidine rings is 1. The summed E-state index contributed by atoms with van der Waals surface area (Å²) in [5.74, 6) is -0.199. The second-order valence-electron chi connectivity index (χ2n) is 7.74. The fraction of sp³-hybridized carbons (Fsp3) is 0.450. The number of alkyl halides is 3. The number of aromatic nitrogens is 1. The van der Waals surface area contributed by atoms with E-state index in [1.807, 2.05) is 6.07 Å². The molecule has 1 spiro atoms. The number of pyridine rings is 1. The normalized spacial score (nSPS) is 19.7. The van der Waals surface area contributed by atoms with Crippen molar-refractivity contribution >= 4 is 28.5 Å². The van der Waals surface area contributed by atoms with E-state index in [1.165, 1.54) is 18.0 Å². The van der Waals surface area contributed by atoms with Crippen LogP contribution >= 0.6 is 0 Å². The molecule has 154 valence electrons. The molecular weight excluding hydrogens is 385 g/mol. The van der Waals surface area contributed by atoms with Crippen LogP contribution in [-0.4, -0.2) is 59.4 Å². The Morgan fingerprint density at radius 2 is 1.72 bits per heavy atom. The van der Waals surface area contributed by atoms with Crippen molar-refractivity contribution in [3.05, 3.63) is 35.5 Å². The number of carbonyl (C=O) groups excluding carboxylic acids is 2. The number of anilines is 1. The maximum atomic E-state index is 13.1. The molecule has 4 rings (SSSR count). The molecule has 0 N–H and O–H groups in total. The van der Waals surface area contributed by atoms with E-state index < -0.39 is 17.3 Å². The summed E-state index contributed by atoms with van der Waals surface area (Å²) in [5, 5.41) is 0.638. The van der Waals surface area contributed by atoms with Gasteiger partial charge in [-0.25, -0.2) is 4.79 Å². The molecule has 9 heteroatoms. The predicted molar refractivity (Wildman–Crippen MR) is 102 cm³/mol. The van der Waals surface area contributed by atoms with Gasteiger partial charge in [-0.2, -0.15) is 13.2 Å². The van der Waals surface area contributed by atoms with Crippen molar-refractivity contribution in [3.8, 4) is 0 Å². The Hall–Kier alpha value is -2.84. The highest BCUT2D eigenvalue weighted by atomic mass is 19.4. The van der Waals surface area contributed by atoms with Crippen LogP contribution in [0.15, 0.2) is 24.3 Å². The van der Waals surface area contributed by atoms with Crippen LogP contribution in [0.3, 0.4) is 0 Å². The fourth-order valence-electron chi connectivity index (χ4n) is 4.39. The van der Waals surface area contributed by atoms with Gasteiger partial charge in [0.2, 0.25) is 0 Å². The zero-order chi connectivity index (χ0) is 21.1. The molecule has 3 heterocycles. The minimum absolute atomic E-state index is 0.199. The van der Waals surface area contributed by atoms with Gasteiger partial charge in [-0.3, -0.25) is 14.7 Å². The first-order valence-corrected chi connectivity index (χ1v) is 9.34. The smallest absolute Gasteiger partial charge is 0.371 e. The summed E-state index contributed by atoms with van der Waals surface area (Å²) in [6.07, 6.45) is -3.51. The molecule has 0 atom stereocenters. The number of aryl methyl sites for hydroxylation is 1. The first-order valence-electron chi connectivity index (χ1n) is 9.34. The minimum Gasteiger partial charge on any atom is -0.371 e. The summed E-state index contributed by atoms with van der Waals surface area (Å²) in [5.41, 5.74) is 0.134. The number of imide groups is 1. The van der Waals surface area contributed by atoms with E-state index in [2.05, 4.69) is 9.88 Å². The summed E-state index contributed by atoms with van der Waals surface area (Å²) in [6.45, 7) is 2.77. The zero-order valence-corrected chi connectivity index (χ0v) is 16.4. The molecule has 2 saturated heterocycles. The van der Waals surface area contributed by atoms with Gasteiger partial charge in [0, 0.05) is 44.0 Å². The maximum absolute atomic E-state index is 13.1. The number of benzene rings is 1. The third-order valence-corrected chi connectivity index (χ3v) is 6.09. The topological polar surface area (TPSA) is 56.8 Å². The average Bonchev–Trinajstić information content (AvgIpc) is 2.83. The Bertz CT molecular complexity index is 1010. The number of carbonyl (C=O) groups is 2. The van der Waals surface area contributed by atoms with Crippen LogP contribution in [0.2, 0.25) is 0 Å². The van der Waals surface area contributed by atoms with Crippen molar-refractivity contribution in [1.82, 2.24) is 14.8 Å². The Kier molecular flexibility index (Phi) is 4.25. The second kappa shape index (κ2) is 6.33. The molecule has 0 radical (unpaired) electrons. The molecule has 0 bridgehead atoms. The molecule has 29 heavy (non-hydrogen) atoms. The van der Waals surface area contributed by atoms with Gasteiger partial charge in [0.05, 0.1) is 11.1 Å². The number of likely N-dealkylation sites (N-methyl/N-ethyl adjacent to an activating group) is 2. The van der Waals surface area contributed by atoms with Crippen LogP contribution in [0.25, 0.3) is 10.9 Å². The fourth-order valence-corrected chi connectivity index (χ4v) is 4.39. The summed E-state index contributed by atoms with van der Waals surface area (Å²) in [4.78, 5) is 33.9. The number of hydrogen-bond donors (Lipinski definition) is 0. The standard InChI is InChI=1S/C20H21F3N4O2/c1-12-10-16(14-5-4-13(20(21,22)23)11-15(14)24-12)27-8-6-19(7-9-27)17(28)25(2)18(29)26(19)3/h4-5,10-11H,6-9H2,1-3H3. The Morgan fingerprint density at radius 1 is 1.07 bits per heavy atom. The third kappa shape index (κ3) is 2.90. The summed E-state index contributed by atoms with van der Waals surface area (Å²) in [7, 11) is 3.13. The van der Waals surface area contributed by atoms with Gasteiger partial charge in [-0.1, -0.05) is 6.07 Å². The van der Waals surface area contributed by atoms with Gasteiger partial charge in [0.1, 0.15) is 5.54 Å². The maximum Gasteiger partial charge on any atom is 0.416 e. The van der Waals surface area contributed by atoms with Gasteiger partial charge in [-0.15, -0.1) is 0 Å². The molecule has 0 aliphatic carbocycles. The van der Waals surface area contributed by atoms with E-state index in [4.69, 9.17) is 0 Å². The van der Waals surface area contributed by atoms with Crippen molar-refractivity contribution in [2.45, 2.75) is 31.5 Å². The Labute approximate surface area is 165 Å². The molecule has 0 unspecified atom stereocenters. The largest absolute Gasteiger partial charge is 0.416 e. The van der Waals surface area contributed by atoms with Crippen molar-refractivity contribution < 1.29 is 22.8 Å². The number of amides is 3. The Balaban J connectivity index is 1.67. The summed E-state index contributed by atoms with van der Waals surface area (Å²) < 4.78 is 39.2. The van der Waals surface area contributed by atoms with E-state index in [1.54, 1.807) is 14.0 Å². The molecule has 1 aromatic heterocycles. The molecule has 1 aromatic carbocycles. The van der Waals surface area contributed by atoms with Gasteiger partial charge >= 0.3 is 12.2 Å². The lowest BCUT2D eigenvalue weighted by atomic mass is 9.86. The van der Waals surface area contributed by atoms with Crippen LogP contribution in [0.5, 0.6) is 0 Å². The minimum atomic E-state index is -4.43. The molecule has 2 aliphatic rings. The SMILES string of the molecule is Cc1cc(N2CCC3(CC2)C(=O)N(C)C(=O)N3C)c2ccc(C(F)(F)F)cc2n1. The number of halogens is 3. The molecule has 6 nitrogen and oxygen atoms in total. The Morgan fingerprint density at radius 3 is 2.28 bits per heavy atom. The lowest BCUT2D eigenvalue weighted by molar-refractivity contribution is -0.137. The third-order valence-electron chi connectivity index (χ3n) is 6.09.